The van der Waals surface area contributed by atoms with E-state index >= 15 is 0 Å². The first-order valence-corrected chi connectivity index (χ1v) is 7.33. The number of hydrogen-bond acceptors (Lipinski definition) is 6. The van der Waals surface area contributed by atoms with Gasteiger partial charge in [-0.15, -0.1) is 0 Å². The predicted molar refractivity (Wildman–Crippen MR) is 85.5 cm³/mol. The monoisotopic (exact) mass is 320 g/mol. The van der Waals surface area contributed by atoms with Crippen LogP contribution in [0, 0.1) is 0 Å². The molecule has 0 atom stereocenters. The summed E-state index contributed by atoms with van der Waals surface area (Å²) in [6.07, 6.45) is 1.64. The van der Waals surface area contributed by atoms with Crippen LogP contribution in [0.3, 0.4) is 0 Å². The first-order chi connectivity index (χ1) is 10.4. The molecule has 0 aromatic heterocycles. The number of amides is 2. The lowest BCUT2D eigenvalue weighted by atomic mass is 10.2. The SMILES string of the molecule is COC(=O)CN1C(=O)S/C(=C\c2ccc(N(C)C)cc2)C1=O. The van der Waals surface area contributed by atoms with Crippen LogP contribution in [0.5, 0.6) is 0 Å². The van der Waals surface area contributed by atoms with Gasteiger partial charge in [0.25, 0.3) is 11.1 Å². The number of carbonyl (C=O) groups excluding carboxylic acids is 3. The summed E-state index contributed by atoms with van der Waals surface area (Å²) < 4.78 is 4.48. The molecular weight excluding hydrogens is 304 g/mol. The number of esters is 1. The number of imide groups is 1. The summed E-state index contributed by atoms with van der Waals surface area (Å²) in [7, 11) is 5.09. The molecule has 1 heterocycles. The number of hydrogen-bond donors (Lipinski definition) is 0. The fraction of sp³-hybridized carbons (Fsp3) is 0.267. The van der Waals surface area contributed by atoms with Crippen molar-refractivity contribution in [2.75, 3.05) is 32.6 Å². The maximum atomic E-state index is 12.1. The van der Waals surface area contributed by atoms with Crippen LogP contribution in [-0.2, 0) is 14.3 Å². The van der Waals surface area contributed by atoms with Crippen LogP contribution in [-0.4, -0.2) is 49.8 Å². The highest BCUT2D eigenvalue weighted by Crippen LogP contribution is 2.32. The third-order valence-corrected chi connectivity index (χ3v) is 4.00. The van der Waals surface area contributed by atoms with Gasteiger partial charge in [-0.2, -0.15) is 0 Å². The molecule has 0 N–H and O–H groups in total. The van der Waals surface area contributed by atoms with Gasteiger partial charge in [0.1, 0.15) is 6.54 Å². The first kappa shape index (κ1) is 16.1. The average Bonchev–Trinajstić information content (AvgIpc) is 2.75. The standard InChI is InChI=1S/C15H16N2O4S/c1-16(2)11-6-4-10(5-7-11)8-12-14(19)17(15(20)22-12)9-13(18)21-3/h4-8H,9H2,1-3H3/b12-8-. The number of carbonyl (C=O) groups is 3. The van der Waals surface area contributed by atoms with Gasteiger partial charge in [-0.1, -0.05) is 12.1 Å². The van der Waals surface area contributed by atoms with E-state index in [0.717, 1.165) is 27.9 Å². The van der Waals surface area contributed by atoms with Gasteiger partial charge in [-0.05, 0) is 35.5 Å². The molecule has 1 fully saturated rings. The average molecular weight is 320 g/mol. The van der Waals surface area contributed by atoms with Crippen LogP contribution >= 0.6 is 11.8 Å². The molecule has 1 aromatic carbocycles. The second-order valence-electron chi connectivity index (χ2n) is 4.83. The second-order valence-corrected chi connectivity index (χ2v) is 5.82. The van der Waals surface area contributed by atoms with Gasteiger partial charge in [0, 0.05) is 19.8 Å². The zero-order valence-corrected chi connectivity index (χ0v) is 13.3. The van der Waals surface area contributed by atoms with E-state index in [9.17, 15) is 14.4 Å². The minimum Gasteiger partial charge on any atom is -0.468 e. The Morgan fingerprint density at radius 1 is 1.27 bits per heavy atom. The summed E-state index contributed by atoms with van der Waals surface area (Å²) in [4.78, 5) is 38.3. The number of nitrogens with zero attached hydrogens (tertiary/aromatic N) is 2. The molecular formula is C15H16N2O4S. The fourth-order valence-electron chi connectivity index (χ4n) is 1.85. The van der Waals surface area contributed by atoms with Crippen molar-refractivity contribution >= 4 is 40.6 Å². The van der Waals surface area contributed by atoms with Crippen LogP contribution in [0.4, 0.5) is 10.5 Å². The van der Waals surface area contributed by atoms with Crippen molar-refractivity contribution in [3.8, 4) is 0 Å². The Morgan fingerprint density at radius 3 is 2.45 bits per heavy atom. The molecule has 22 heavy (non-hydrogen) atoms. The molecule has 0 bridgehead atoms. The van der Waals surface area contributed by atoms with Crippen molar-refractivity contribution in [2.24, 2.45) is 0 Å². The maximum absolute atomic E-state index is 12.1. The molecule has 1 saturated heterocycles. The number of thioether (sulfide) groups is 1. The number of methoxy groups -OCH3 is 1. The van der Waals surface area contributed by atoms with E-state index in [1.165, 1.54) is 7.11 Å². The summed E-state index contributed by atoms with van der Waals surface area (Å²) >= 11 is 0.820. The minimum atomic E-state index is -0.626. The highest BCUT2D eigenvalue weighted by Gasteiger charge is 2.36. The Kier molecular flexibility index (Phi) is 4.87. The van der Waals surface area contributed by atoms with Gasteiger partial charge in [-0.25, -0.2) is 0 Å². The molecule has 2 amide bonds. The summed E-state index contributed by atoms with van der Waals surface area (Å²) in [5.41, 5.74) is 1.85. The molecule has 0 saturated carbocycles. The smallest absolute Gasteiger partial charge is 0.325 e. The second kappa shape index (κ2) is 6.65. The van der Waals surface area contributed by atoms with Crippen molar-refractivity contribution in [1.82, 2.24) is 4.90 Å². The van der Waals surface area contributed by atoms with Crippen molar-refractivity contribution in [3.05, 3.63) is 34.7 Å². The lowest BCUT2D eigenvalue weighted by Gasteiger charge is -2.12. The lowest BCUT2D eigenvalue weighted by molar-refractivity contribution is -0.143. The van der Waals surface area contributed by atoms with Gasteiger partial charge < -0.3 is 9.64 Å². The quantitative estimate of drug-likeness (QED) is 0.624. The van der Waals surface area contributed by atoms with Gasteiger partial charge in [-0.3, -0.25) is 19.3 Å². The largest absolute Gasteiger partial charge is 0.468 e. The maximum Gasteiger partial charge on any atom is 0.325 e. The Balaban J connectivity index is 2.17. The molecule has 1 aliphatic heterocycles. The number of rotatable bonds is 4. The topological polar surface area (TPSA) is 66.9 Å². The van der Waals surface area contributed by atoms with Gasteiger partial charge in [0.05, 0.1) is 12.0 Å². The number of ether oxygens (including phenoxy) is 1. The van der Waals surface area contributed by atoms with Crippen molar-refractivity contribution in [1.29, 1.82) is 0 Å². The van der Waals surface area contributed by atoms with Crippen molar-refractivity contribution < 1.29 is 19.1 Å². The zero-order chi connectivity index (χ0) is 16.3. The van der Waals surface area contributed by atoms with Crippen LogP contribution < -0.4 is 4.90 Å². The summed E-state index contributed by atoms with van der Waals surface area (Å²) in [6, 6.07) is 7.57. The number of benzene rings is 1. The highest BCUT2D eigenvalue weighted by atomic mass is 32.2. The predicted octanol–water partition coefficient (Wildman–Crippen LogP) is 1.96. The summed E-state index contributed by atoms with van der Waals surface area (Å²) in [5, 5.41) is -0.466. The van der Waals surface area contributed by atoms with E-state index in [2.05, 4.69) is 4.74 Å². The third kappa shape index (κ3) is 3.48. The molecule has 7 heteroatoms. The number of anilines is 1. The van der Waals surface area contributed by atoms with Crippen LogP contribution in [0.2, 0.25) is 0 Å². The van der Waals surface area contributed by atoms with E-state index in [-0.39, 0.29) is 6.54 Å². The summed E-state index contributed by atoms with van der Waals surface area (Å²) in [5.74, 6) is -1.10. The molecule has 0 aliphatic carbocycles. The van der Waals surface area contributed by atoms with E-state index in [0.29, 0.717) is 4.91 Å². The van der Waals surface area contributed by atoms with E-state index in [4.69, 9.17) is 0 Å². The van der Waals surface area contributed by atoms with Crippen LogP contribution in [0.15, 0.2) is 29.2 Å². The van der Waals surface area contributed by atoms with Gasteiger partial charge in [0.15, 0.2) is 0 Å². The Hall–Kier alpha value is -2.28. The Labute approximate surface area is 132 Å². The molecule has 2 rings (SSSR count). The molecule has 1 aromatic rings. The first-order valence-electron chi connectivity index (χ1n) is 6.52. The van der Waals surface area contributed by atoms with Crippen LogP contribution in [0.1, 0.15) is 5.56 Å². The Bertz CT molecular complexity index is 637. The van der Waals surface area contributed by atoms with E-state index < -0.39 is 17.1 Å². The lowest BCUT2D eigenvalue weighted by Crippen LogP contribution is -2.34. The summed E-state index contributed by atoms with van der Waals surface area (Å²) in [6.45, 7) is -0.363. The molecule has 1 aliphatic rings. The van der Waals surface area contributed by atoms with E-state index in [1.54, 1.807) is 6.08 Å². The normalized spacial score (nSPS) is 16.3. The highest BCUT2D eigenvalue weighted by molar-refractivity contribution is 8.18. The van der Waals surface area contributed by atoms with Crippen molar-refractivity contribution in [3.63, 3.8) is 0 Å². The van der Waals surface area contributed by atoms with Crippen molar-refractivity contribution in [2.45, 2.75) is 0 Å². The molecule has 0 unspecified atom stereocenters. The molecule has 0 radical (unpaired) electrons. The fourth-order valence-corrected chi connectivity index (χ4v) is 2.69. The minimum absolute atomic E-state index is 0.298. The molecule has 6 nitrogen and oxygen atoms in total. The molecule has 0 spiro atoms. The zero-order valence-electron chi connectivity index (χ0n) is 12.5. The van der Waals surface area contributed by atoms with Gasteiger partial charge in [0.2, 0.25) is 0 Å². The third-order valence-electron chi connectivity index (χ3n) is 3.10. The van der Waals surface area contributed by atoms with E-state index in [1.807, 2.05) is 43.3 Å². The Morgan fingerprint density at radius 2 is 1.91 bits per heavy atom. The van der Waals surface area contributed by atoms with Crippen LogP contribution in [0.25, 0.3) is 6.08 Å². The molecule has 116 valence electrons. The van der Waals surface area contributed by atoms with Gasteiger partial charge >= 0.3 is 5.97 Å².